The average Bonchev–Trinajstić information content (AvgIpc) is 2.93. The van der Waals surface area contributed by atoms with Crippen molar-refractivity contribution in [1.82, 2.24) is 15.5 Å². The molecule has 1 unspecified atom stereocenters. The van der Waals surface area contributed by atoms with Crippen molar-refractivity contribution in [1.29, 1.82) is 0 Å². The second kappa shape index (κ2) is 6.01. The smallest absolute Gasteiger partial charge is 0.227 e. The topological polar surface area (TPSA) is 60.2 Å². The standard InChI is InChI=1S/C14H23N3O2/c1-2-6-14(7-3-1)10-12(5-9-18-14)15-8-4-13-16-11-17-19-13/h11-12,15H,1-10H2. The van der Waals surface area contributed by atoms with Gasteiger partial charge in [0.25, 0.3) is 0 Å². The Morgan fingerprint density at radius 1 is 1.32 bits per heavy atom. The van der Waals surface area contributed by atoms with Gasteiger partial charge in [-0.15, -0.1) is 0 Å². The number of aromatic nitrogens is 2. The highest BCUT2D eigenvalue weighted by Crippen LogP contribution is 2.38. The molecule has 1 N–H and O–H groups in total. The first-order valence-electron chi connectivity index (χ1n) is 7.49. The summed E-state index contributed by atoms with van der Waals surface area (Å²) in [6, 6.07) is 0.578. The quantitative estimate of drug-likeness (QED) is 0.903. The Bertz CT molecular complexity index is 369. The van der Waals surface area contributed by atoms with Gasteiger partial charge in [-0.25, -0.2) is 0 Å². The van der Waals surface area contributed by atoms with Crippen LogP contribution in [0.3, 0.4) is 0 Å². The molecule has 1 aliphatic carbocycles. The summed E-state index contributed by atoms with van der Waals surface area (Å²) in [4.78, 5) is 4.04. The second-order valence-electron chi connectivity index (χ2n) is 5.82. The Balaban J connectivity index is 1.45. The van der Waals surface area contributed by atoms with E-state index in [1.54, 1.807) is 0 Å². The predicted molar refractivity (Wildman–Crippen MR) is 70.8 cm³/mol. The van der Waals surface area contributed by atoms with E-state index in [-0.39, 0.29) is 5.60 Å². The summed E-state index contributed by atoms with van der Waals surface area (Å²) in [6.07, 6.45) is 11.1. The monoisotopic (exact) mass is 265 g/mol. The number of ether oxygens (including phenoxy) is 1. The van der Waals surface area contributed by atoms with Crippen molar-refractivity contribution in [3.8, 4) is 0 Å². The highest BCUT2D eigenvalue weighted by molar-refractivity contribution is 4.92. The molecule has 5 heteroatoms. The van der Waals surface area contributed by atoms with Crippen LogP contribution in [-0.4, -0.2) is 34.9 Å². The minimum atomic E-state index is 0.179. The van der Waals surface area contributed by atoms with Gasteiger partial charge in [-0.2, -0.15) is 4.98 Å². The Kier molecular flexibility index (Phi) is 4.13. The lowest BCUT2D eigenvalue weighted by Gasteiger charge is -2.43. The van der Waals surface area contributed by atoms with Gasteiger partial charge in [0, 0.05) is 25.6 Å². The Hall–Kier alpha value is -0.940. The van der Waals surface area contributed by atoms with Gasteiger partial charge >= 0.3 is 0 Å². The molecule has 2 aliphatic rings. The molecule has 2 fully saturated rings. The number of nitrogens with zero attached hydrogens (tertiary/aromatic N) is 2. The molecule has 1 aliphatic heterocycles. The molecule has 1 spiro atoms. The summed E-state index contributed by atoms with van der Waals surface area (Å²) in [5.41, 5.74) is 0.179. The molecule has 0 amide bonds. The van der Waals surface area contributed by atoms with Crippen molar-refractivity contribution < 1.29 is 9.26 Å². The lowest BCUT2D eigenvalue weighted by atomic mass is 9.78. The maximum Gasteiger partial charge on any atom is 0.227 e. The molecule has 0 aromatic carbocycles. The third kappa shape index (κ3) is 3.34. The Morgan fingerprint density at radius 2 is 2.21 bits per heavy atom. The van der Waals surface area contributed by atoms with Crippen molar-refractivity contribution in [2.24, 2.45) is 0 Å². The fraction of sp³-hybridized carbons (Fsp3) is 0.857. The van der Waals surface area contributed by atoms with Crippen LogP contribution in [0.4, 0.5) is 0 Å². The van der Waals surface area contributed by atoms with Gasteiger partial charge < -0.3 is 14.6 Å². The van der Waals surface area contributed by atoms with Crippen LogP contribution < -0.4 is 5.32 Å². The fourth-order valence-electron chi connectivity index (χ4n) is 3.44. The summed E-state index contributed by atoms with van der Waals surface area (Å²) in [5.74, 6) is 0.715. The van der Waals surface area contributed by atoms with E-state index < -0.39 is 0 Å². The molecule has 1 atom stereocenters. The highest BCUT2D eigenvalue weighted by Gasteiger charge is 2.38. The summed E-state index contributed by atoms with van der Waals surface area (Å²) in [7, 11) is 0. The van der Waals surface area contributed by atoms with Crippen LogP contribution in [0.5, 0.6) is 0 Å². The van der Waals surface area contributed by atoms with Gasteiger partial charge in [0.2, 0.25) is 5.89 Å². The van der Waals surface area contributed by atoms with Gasteiger partial charge in [-0.3, -0.25) is 0 Å². The number of hydrogen-bond acceptors (Lipinski definition) is 5. The molecular weight excluding hydrogens is 242 g/mol. The maximum atomic E-state index is 6.11. The van der Waals surface area contributed by atoms with E-state index in [0.29, 0.717) is 11.9 Å². The SMILES string of the molecule is c1noc(CCNC2CCOC3(CCCCC3)C2)n1. The highest BCUT2D eigenvalue weighted by atomic mass is 16.5. The summed E-state index contributed by atoms with van der Waals surface area (Å²) >= 11 is 0. The van der Waals surface area contributed by atoms with E-state index in [0.717, 1.165) is 32.4 Å². The molecule has 1 saturated carbocycles. The molecule has 1 aromatic rings. The van der Waals surface area contributed by atoms with E-state index in [9.17, 15) is 0 Å². The predicted octanol–water partition coefficient (Wildman–Crippen LogP) is 2.08. The molecule has 106 valence electrons. The fourth-order valence-corrected chi connectivity index (χ4v) is 3.44. The molecule has 0 bridgehead atoms. The molecule has 2 heterocycles. The maximum absolute atomic E-state index is 6.11. The van der Waals surface area contributed by atoms with Crippen LogP contribution >= 0.6 is 0 Å². The number of hydrogen-bond donors (Lipinski definition) is 1. The van der Waals surface area contributed by atoms with Crippen molar-refractivity contribution in [2.75, 3.05) is 13.2 Å². The zero-order valence-electron chi connectivity index (χ0n) is 11.4. The lowest BCUT2D eigenvalue weighted by molar-refractivity contribution is -0.109. The van der Waals surface area contributed by atoms with Crippen LogP contribution in [0, 0.1) is 0 Å². The van der Waals surface area contributed by atoms with E-state index in [1.807, 2.05) is 0 Å². The van der Waals surface area contributed by atoms with Crippen molar-refractivity contribution in [2.45, 2.75) is 63.0 Å². The molecule has 3 rings (SSSR count). The number of nitrogens with one attached hydrogen (secondary N) is 1. The molecule has 1 aromatic heterocycles. The normalized spacial score (nSPS) is 26.6. The molecule has 19 heavy (non-hydrogen) atoms. The molecule has 0 radical (unpaired) electrons. The van der Waals surface area contributed by atoms with Crippen LogP contribution in [0.1, 0.15) is 50.8 Å². The Labute approximate surface area is 114 Å². The van der Waals surface area contributed by atoms with Gasteiger partial charge in [-0.1, -0.05) is 24.4 Å². The largest absolute Gasteiger partial charge is 0.375 e. The number of rotatable bonds is 4. The van der Waals surface area contributed by atoms with E-state index in [2.05, 4.69) is 15.5 Å². The third-order valence-corrected chi connectivity index (χ3v) is 4.44. The average molecular weight is 265 g/mol. The second-order valence-corrected chi connectivity index (χ2v) is 5.82. The van der Waals surface area contributed by atoms with Gasteiger partial charge in [0.15, 0.2) is 6.33 Å². The first kappa shape index (κ1) is 13.1. The summed E-state index contributed by atoms with van der Waals surface area (Å²) in [5, 5.41) is 7.25. The molecule has 1 saturated heterocycles. The summed E-state index contributed by atoms with van der Waals surface area (Å²) < 4.78 is 11.1. The van der Waals surface area contributed by atoms with Gasteiger partial charge in [0.1, 0.15) is 0 Å². The van der Waals surface area contributed by atoms with Gasteiger partial charge in [0.05, 0.1) is 5.60 Å². The minimum absolute atomic E-state index is 0.179. The van der Waals surface area contributed by atoms with Crippen LogP contribution in [0.2, 0.25) is 0 Å². The molecular formula is C14H23N3O2. The first-order valence-corrected chi connectivity index (χ1v) is 7.49. The molecule has 5 nitrogen and oxygen atoms in total. The lowest BCUT2D eigenvalue weighted by Crippen LogP contribution is -2.48. The van der Waals surface area contributed by atoms with Crippen LogP contribution in [0.15, 0.2) is 10.9 Å². The first-order chi connectivity index (χ1) is 9.36. The summed E-state index contributed by atoms with van der Waals surface area (Å²) in [6.45, 7) is 1.81. The van der Waals surface area contributed by atoms with Crippen molar-refractivity contribution in [3.63, 3.8) is 0 Å². The van der Waals surface area contributed by atoms with Crippen molar-refractivity contribution in [3.05, 3.63) is 12.2 Å². The Morgan fingerprint density at radius 3 is 3.00 bits per heavy atom. The van der Waals surface area contributed by atoms with Crippen LogP contribution in [-0.2, 0) is 11.2 Å². The van der Waals surface area contributed by atoms with E-state index >= 15 is 0 Å². The van der Waals surface area contributed by atoms with Crippen LogP contribution in [0.25, 0.3) is 0 Å². The third-order valence-electron chi connectivity index (χ3n) is 4.44. The zero-order chi connectivity index (χ0) is 13.0. The van der Waals surface area contributed by atoms with Crippen molar-refractivity contribution >= 4 is 0 Å². The van der Waals surface area contributed by atoms with E-state index in [4.69, 9.17) is 9.26 Å². The van der Waals surface area contributed by atoms with E-state index in [1.165, 1.54) is 38.4 Å². The zero-order valence-corrected chi connectivity index (χ0v) is 11.4. The minimum Gasteiger partial charge on any atom is -0.375 e. The van der Waals surface area contributed by atoms with Gasteiger partial charge in [-0.05, 0) is 25.7 Å².